The van der Waals surface area contributed by atoms with Crippen LogP contribution >= 0.6 is 0 Å². The minimum atomic E-state index is -0.816. The average Bonchev–Trinajstić information content (AvgIpc) is 2.02. The maximum Gasteiger partial charge on any atom is 0.307 e. The Kier molecular flexibility index (Phi) is 5.90. The van der Waals surface area contributed by atoms with E-state index in [0.717, 1.165) is 0 Å². The van der Waals surface area contributed by atoms with Crippen LogP contribution in [0.1, 0.15) is 13.8 Å². The fourth-order valence-corrected chi connectivity index (χ4v) is 1.23. The molecule has 0 saturated carbocycles. The maximum absolute atomic E-state index is 10.7. The van der Waals surface area contributed by atoms with Crippen LogP contribution in [0, 0.1) is 5.92 Å². The lowest BCUT2D eigenvalue weighted by Crippen LogP contribution is -2.38. The molecule has 3 atom stereocenters. The molecule has 3 unspecified atom stereocenters. The molecule has 0 aromatic heterocycles. The second-order valence-electron chi connectivity index (χ2n) is 3.15. The molecule has 0 aromatic rings. The largest absolute Gasteiger partial charge is 0.481 e. The molecule has 0 aliphatic rings. The fourth-order valence-electron chi connectivity index (χ4n) is 0.821. The first-order chi connectivity index (χ1) is 5.95. The smallest absolute Gasteiger partial charge is 0.307 e. The van der Waals surface area contributed by atoms with Gasteiger partial charge in [0.15, 0.2) is 0 Å². The van der Waals surface area contributed by atoms with Crippen LogP contribution in [0.2, 0.25) is 0 Å². The van der Waals surface area contributed by atoms with Crippen molar-refractivity contribution in [2.24, 2.45) is 5.92 Å². The van der Waals surface area contributed by atoms with Gasteiger partial charge in [0, 0.05) is 35.4 Å². The molecule has 0 saturated heterocycles. The van der Waals surface area contributed by atoms with Crippen molar-refractivity contribution in [1.82, 2.24) is 5.32 Å². The molecule has 13 heavy (non-hydrogen) atoms. The van der Waals surface area contributed by atoms with Crippen LogP contribution in [0.4, 0.5) is 0 Å². The molecule has 0 radical (unpaired) electrons. The van der Waals surface area contributed by atoms with Gasteiger partial charge in [0.05, 0.1) is 5.92 Å². The summed E-state index contributed by atoms with van der Waals surface area (Å²) < 4.78 is 10.7. The van der Waals surface area contributed by atoms with Crippen molar-refractivity contribution in [2.75, 3.05) is 18.6 Å². The zero-order valence-electron chi connectivity index (χ0n) is 8.24. The molecule has 5 heteroatoms. The standard InChI is InChI=1S/C8H17NO3S/c1-6(8(10)11)7(2)9-4-5-13(3)12/h6-7,9H,4-5H2,1-3H3,(H,10,11). The van der Waals surface area contributed by atoms with Crippen LogP contribution < -0.4 is 5.32 Å². The molecule has 0 aliphatic heterocycles. The third kappa shape index (κ3) is 5.76. The molecule has 0 spiro atoms. The van der Waals surface area contributed by atoms with Crippen LogP contribution in [0.15, 0.2) is 0 Å². The van der Waals surface area contributed by atoms with E-state index in [1.165, 1.54) is 0 Å². The Morgan fingerprint density at radius 2 is 2.08 bits per heavy atom. The van der Waals surface area contributed by atoms with E-state index in [1.54, 1.807) is 13.2 Å². The normalized spacial score (nSPS) is 17.8. The number of nitrogens with one attached hydrogen (secondary N) is 1. The zero-order valence-corrected chi connectivity index (χ0v) is 9.06. The van der Waals surface area contributed by atoms with E-state index in [0.29, 0.717) is 12.3 Å². The van der Waals surface area contributed by atoms with Crippen LogP contribution in [0.5, 0.6) is 0 Å². The number of carboxylic acid groups (broad SMARTS) is 1. The van der Waals surface area contributed by atoms with Crippen molar-refractivity contribution in [1.29, 1.82) is 0 Å². The lowest BCUT2D eigenvalue weighted by atomic mass is 10.0. The summed E-state index contributed by atoms with van der Waals surface area (Å²) in [6.07, 6.45) is 1.63. The molecular weight excluding hydrogens is 190 g/mol. The van der Waals surface area contributed by atoms with Gasteiger partial charge in [-0.05, 0) is 6.92 Å². The van der Waals surface area contributed by atoms with Gasteiger partial charge >= 0.3 is 5.97 Å². The number of rotatable bonds is 6. The average molecular weight is 207 g/mol. The minimum absolute atomic E-state index is 0.0824. The summed E-state index contributed by atoms with van der Waals surface area (Å²) >= 11 is 0. The molecule has 2 N–H and O–H groups in total. The van der Waals surface area contributed by atoms with E-state index in [-0.39, 0.29) is 6.04 Å². The molecule has 4 nitrogen and oxygen atoms in total. The monoisotopic (exact) mass is 207 g/mol. The van der Waals surface area contributed by atoms with Gasteiger partial charge in [-0.3, -0.25) is 9.00 Å². The minimum Gasteiger partial charge on any atom is -0.481 e. The summed E-state index contributed by atoms with van der Waals surface area (Å²) in [5.74, 6) is -0.653. The Morgan fingerprint density at radius 1 is 1.54 bits per heavy atom. The van der Waals surface area contributed by atoms with Gasteiger partial charge in [-0.15, -0.1) is 0 Å². The Balaban J connectivity index is 3.67. The summed E-state index contributed by atoms with van der Waals surface area (Å²) in [6, 6.07) is -0.0824. The van der Waals surface area contributed by atoms with Gasteiger partial charge in [-0.25, -0.2) is 0 Å². The van der Waals surface area contributed by atoms with Gasteiger partial charge in [0.25, 0.3) is 0 Å². The summed E-state index contributed by atoms with van der Waals surface area (Å²) in [5.41, 5.74) is 0. The topological polar surface area (TPSA) is 66.4 Å². The predicted molar refractivity (Wildman–Crippen MR) is 53.2 cm³/mol. The van der Waals surface area contributed by atoms with E-state index in [9.17, 15) is 9.00 Å². The predicted octanol–water partition coefficient (Wildman–Crippen LogP) is 0.0637. The number of hydrogen-bond acceptors (Lipinski definition) is 3. The lowest BCUT2D eigenvalue weighted by molar-refractivity contribution is -0.141. The second kappa shape index (κ2) is 6.10. The Hall–Kier alpha value is -0.420. The van der Waals surface area contributed by atoms with E-state index >= 15 is 0 Å². The van der Waals surface area contributed by atoms with Gasteiger partial charge in [-0.2, -0.15) is 0 Å². The van der Waals surface area contributed by atoms with E-state index in [2.05, 4.69) is 5.32 Å². The third-order valence-electron chi connectivity index (χ3n) is 2.00. The molecule has 0 aliphatic carbocycles. The van der Waals surface area contributed by atoms with E-state index in [1.807, 2.05) is 6.92 Å². The van der Waals surface area contributed by atoms with Crippen molar-refractivity contribution in [3.8, 4) is 0 Å². The van der Waals surface area contributed by atoms with E-state index in [4.69, 9.17) is 5.11 Å². The summed E-state index contributed by atoms with van der Waals surface area (Å²) in [6.45, 7) is 4.07. The maximum atomic E-state index is 10.7. The summed E-state index contributed by atoms with van der Waals surface area (Å²) in [4.78, 5) is 10.5. The third-order valence-corrected chi connectivity index (χ3v) is 2.77. The molecule has 0 bridgehead atoms. The molecule has 0 fully saturated rings. The Labute approximate surface area is 81.2 Å². The van der Waals surface area contributed by atoms with Crippen LogP contribution in [0.25, 0.3) is 0 Å². The first kappa shape index (κ1) is 12.6. The molecule has 0 aromatic carbocycles. The molecule has 78 valence electrons. The summed E-state index contributed by atoms with van der Waals surface area (Å²) in [7, 11) is -0.816. The summed E-state index contributed by atoms with van der Waals surface area (Å²) in [5, 5.41) is 11.7. The molecular formula is C8H17NO3S. The lowest BCUT2D eigenvalue weighted by Gasteiger charge is -2.17. The number of carboxylic acids is 1. The fraction of sp³-hybridized carbons (Fsp3) is 0.875. The molecule has 0 heterocycles. The highest BCUT2D eigenvalue weighted by molar-refractivity contribution is 7.84. The van der Waals surface area contributed by atoms with Gasteiger partial charge < -0.3 is 10.4 Å². The van der Waals surface area contributed by atoms with Gasteiger partial charge in [-0.1, -0.05) is 6.92 Å². The van der Waals surface area contributed by atoms with E-state index < -0.39 is 22.7 Å². The van der Waals surface area contributed by atoms with Crippen LogP contribution in [0.3, 0.4) is 0 Å². The number of carbonyl (C=O) groups is 1. The second-order valence-corrected chi connectivity index (χ2v) is 4.70. The first-order valence-electron chi connectivity index (χ1n) is 4.21. The van der Waals surface area contributed by atoms with Crippen molar-refractivity contribution in [3.05, 3.63) is 0 Å². The Morgan fingerprint density at radius 3 is 2.46 bits per heavy atom. The van der Waals surface area contributed by atoms with Crippen molar-refractivity contribution < 1.29 is 14.1 Å². The number of hydrogen-bond donors (Lipinski definition) is 2. The van der Waals surface area contributed by atoms with Crippen LogP contribution in [-0.2, 0) is 15.6 Å². The highest BCUT2D eigenvalue weighted by Crippen LogP contribution is 2.01. The highest BCUT2D eigenvalue weighted by atomic mass is 32.2. The molecule has 0 rings (SSSR count). The quantitative estimate of drug-likeness (QED) is 0.646. The zero-order chi connectivity index (χ0) is 10.4. The van der Waals surface area contributed by atoms with Crippen molar-refractivity contribution >= 4 is 16.8 Å². The van der Waals surface area contributed by atoms with Crippen molar-refractivity contribution in [3.63, 3.8) is 0 Å². The van der Waals surface area contributed by atoms with Crippen LogP contribution in [-0.4, -0.2) is 39.9 Å². The number of aliphatic carboxylic acids is 1. The SMILES string of the molecule is CC(NCCS(C)=O)C(C)C(=O)O. The van der Waals surface area contributed by atoms with Gasteiger partial charge in [0.2, 0.25) is 0 Å². The molecule has 0 amide bonds. The highest BCUT2D eigenvalue weighted by Gasteiger charge is 2.18. The first-order valence-corrected chi connectivity index (χ1v) is 5.94. The van der Waals surface area contributed by atoms with Gasteiger partial charge in [0.1, 0.15) is 0 Å². The Bertz CT molecular complexity index is 196. The van der Waals surface area contributed by atoms with Crippen molar-refractivity contribution in [2.45, 2.75) is 19.9 Å².